The van der Waals surface area contributed by atoms with Crippen LogP contribution in [0.15, 0.2) is 53.1 Å². The fourth-order valence-electron chi connectivity index (χ4n) is 3.16. The summed E-state index contributed by atoms with van der Waals surface area (Å²) < 4.78 is 21.9. The van der Waals surface area contributed by atoms with Crippen LogP contribution in [-0.2, 0) is 7.05 Å². The SMILES string of the molecule is [C-]#[N+]c1c(F)ccc2oc3cc(C)c(-c4cccc[n+]4C)cc3c12. The first-order valence-electron chi connectivity index (χ1n) is 7.58. The molecule has 0 aliphatic heterocycles. The van der Waals surface area contributed by atoms with Crippen molar-refractivity contribution in [3.63, 3.8) is 0 Å². The molecule has 0 N–H and O–H groups in total. The molecule has 0 spiro atoms. The quantitative estimate of drug-likeness (QED) is 0.354. The average molecular weight is 317 g/mol. The van der Waals surface area contributed by atoms with E-state index in [-0.39, 0.29) is 5.69 Å². The summed E-state index contributed by atoms with van der Waals surface area (Å²) in [5, 5.41) is 1.31. The van der Waals surface area contributed by atoms with Crippen LogP contribution < -0.4 is 4.57 Å². The Morgan fingerprint density at radius 3 is 2.71 bits per heavy atom. The van der Waals surface area contributed by atoms with Crippen LogP contribution in [0.2, 0.25) is 0 Å². The van der Waals surface area contributed by atoms with Crippen molar-refractivity contribution in [2.24, 2.45) is 7.05 Å². The molecule has 4 rings (SSSR count). The first-order chi connectivity index (χ1) is 11.6. The smallest absolute Gasteiger partial charge is 0.233 e. The third-order valence-corrected chi connectivity index (χ3v) is 4.35. The van der Waals surface area contributed by atoms with Gasteiger partial charge in [-0.3, -0.25) is 0 Å². The van der Waals surface area contributed by atoms with Gasteiger partial charge in [0, 0.05) is 28.5 Å². The minimum atomic E-state index is -0.521. The maximum absolute atomic E-state index is 14.0. The number of aryl methyl sites for hydroxylation is 2. The summed E-state index contributed by atoms with van der Waals surface area (Å²) in [5.74, 6) is -0.521. The minimum Gasteiger partial charge on any atom is -0.457 e. The average Bonchev–Trinajstić information content (AvgIpc) is 2.92. The summed E-state index contributed by atoms with van der Waals surface area (Å²) in [6.45, 7) is 9.33. The highest BCUT2D eigenvalue weighted by Crippen LogP contribution is 2.39. The Morgan fingerprint density at radius 1 is 1.12 bits per heavy atom. The van der Waals surface area contributed by atoms with Gasteiger partial charge in [-0.2, -0.15) is 0 Å². The highest BCUT2D eigenvalue weighted by molar-refractivity contribution is 6.12. The van der Waals surface area contributed by atoms with Gasteiger partial charge in [0.15, 0.2) is 6.20 Å². The van der Waals surface area contributed by atoms with Gasteiger partial charge in [0.05, 0.1) is 6.57 Å². The monoisotopic (exact) mass is 317 g/mol. The maximum atomic E-state index is 14.0. The lowest BCUT2D eigenvalue weighted by molar-refractivity contribution is -0.660. The lowest BCUT2D eigenvalue weighted by atomic mass is 10.0. The van der Waals surface area contributed by atoms with E-state index in [1.165, 1.54) is 6.07 Å². The van der Waals surface area contributed by atoms with Crippen molar-refractivity contribution < 1.29 is 13.4 Å². The second-order valence-corrected chi connectivity index (χ2v) is 5.84. The van der Waals surface area contributed by atoms with E-state index in [2.05, 4.69) is 4.85 Å². The van der Waals surface area contributed by atoms with E-state index in [1.807, 2.05) is 55.1 Å². The van der Waals surface area contributed by atoms with Crippen molar-refractivity contribution in [3.05, 3.63) is 71.5 Å². The van der Waals surface area contributed by atoms with Crippen molar-refractivity contribution in [1.29, 1.82) is 0 Å². The molecule has 2 aromatic heterocycles. The van der Waals surface area contributed by atoms with Gasteiger partial charge in [0.1, 0.15) is 24.0 Å². The van der Waals surface area contributed by atoms with Crippen molar-refractivity contribution in [1.82, 2.24) is 0 Å². The number of nitrogens with zero attached hydrogens (tertiary/aromatic N) is 2. The number of benzene rings is 2. The zero-order chi connectivity index (χ0) is 16.8. The van der Waals surface area contributed by atoms with Crippen molar-refractivity contribution in [2.75, 3.05) is 0 Å². The maximum Gasteiger partial charge on any atom is 0.233 e. The molecule has 0 atom stereocenters. The molecule has 0 aliphatic rings. The van der Waals surface area contributed by atoms with Crippen LogP contribution in [0, 0.1) is 19.3 Å². The van der Waals surface area contributed by atoms with Gasteiger partial charge in [-0.25, -0.2) is 13.8 Å². The van der Waals surface area contributed by atoms with Crippen LogP contribution in [0.4, 0.5) is 10.1 Å². The Morgan fingerprint density at radius 2 is 1.96 bits per heavy atom. The fraction of sp³-hybridized carbons (Fsp3) is 0.100. The summed E-state index contributed by atoms with van der Waals surface area (Å²) >= 11 is 0. The number of pyridine rings is 1. The molecule has 0 unspecified atom stereocenters. The molecule has 4 aromatic rings. The highest BCUT2D eigenvalue weighted by atomic mass is 19.1. The number of hydrogen-bond donors (Lipinski definition) is 0. The Bertz CT molecular complexity index is 1150. The van der Waals surface area contributed by atoms with E-state index in [4.69, 9.17) is 11.0 Å². The van der Waals surface area contributed by atoms with Crippen LogP contribution in [0.25, 0.3) is 38.0 Å². The number of furan rings is 1. The number of halogens is 1. The largest absolute Gasteiger partial charge is 0.457 e. The zero-order valence-corrected chi connectivity index (χ0v) is 13.3. The molecule has 3 nitrogen and oxygen atoms in total. The van der Waals surface area contributed by atoms with Crippen LogP contribution in [0.1, 0.15) is 5.56 Å². The molecular formula is C20H14FN2O+. The number of aromatic nitrogens is 1. The van der Waals surface area contributed by atoms with E-state index in [1.54, 1.807) is 6.07 Å². The molecule has 4 heteroatoms. The lowest BCUT2D eigenvalue weighted by Gasteiger charge is -2.04. The van der Waals surface area contributed by atoms with E-state index in [0.29, 0.717) is 16.6 Å². The third-order valence-electron chi connectivity index (χ3n) is 4.35. The van der Waals surface area contributed by atoms with Crippen LogP contribution in [-0.4, -0.2) is 0 Å². The molecule has 2 heterocycles. The molecule has 0 bridgehead atoms. The summed E-state index contributed by atoms with van der Waals surface area (Å²) in [4.78, 5) is 3.37. The minimum absolute atomic E-state index is 0.0125. The first kappa shape index (κ1) is 14.4. The third kappa shape index (κ3) is 1.99. The molecule has 0 saturated carbocycles. The summed E-state index contributed by atoms with van der Waals surface area (Å²) in [5.41, 5.74) is 4.36. The second-order valence-electron chi connectivity index (χ2n) is 5.84. The molecule has 24 heavy (non-hydrogen) atoms. The molecule has 0 aliphatic carbocycles. The first-order valence-corrected chi connectivity index (χ1v) is 7.58. The van der Waals surface area contributed by atoms with Crippen molar-refractivity contribution in [2.45, 2.75) is 6.92 Å². The topological polar surface area (TPSA) is 21.4 Å². The highest BCUT2D eigenvalue weighted by Gasteiger charge is 2.19. The van der Waals surface area contributed by atoms with Crippen molar-refractivity contribution in [3.8, 4) is 11.3 Å². The molecular weight excluding hydrogens is 303 g/mol. The molecule has 0 saturated heterocycles. The van der Waals surface area contributed by atoms with Crippen LogP contribution in [0.5, 0.6) is 0 Å². The van der Waals surface area contributed by atoms with E-state index < -0.39 is 5.82 Å². The lowest BCUT2D eigenvalue weighted by Crippen LogP contribution is -2.30. The van der Waals surface area contributed by atoms with Gasteiger partial charge in [-0.1, -0.05) is 0 Å². The van der Waals surface area contributed by atoms with Crippen molar-refractivity contribution >= 4 is 27.6 Å². The molecule has 2 aromatic carbocycles. The van der Waals surface area contributed by atoms with E-state index in [0.717, 1.165) is 22.2 Å². The predicted octanol–water partition coefficient (Wildman–Crippen LogP) is 5.08. The van der Waals surface area contributed by atoms with Crippen LogP contribution in [0.3, 0.4) is 0 Å². The van der Waals surface area contributed by atoms with Gasteiger partial charge >= 0.3 is 0 Å². The Kier molecular flexibility index (Phi) is 3.10. The molecule has 116 valence electrons. The van der Waals surface area contributed by atoms with Gasteiger partial charge in [-0.05, 0) is 42.8 Å². The molecule has 0 radical (unpaired) electrons. The second kappa shape index (κ2) is 5.17. The zero-order valence-electron chi connectivity index (χ0n) is 13.3. The van der Waals surface area contributed by atoms with Gasteiger partial charge in [0.25, 0.3) is 0 Å². The van der Waals surface area contributed by atoms with E-state index in [9.17, 15) is 4.39 Å². The molecule has 0 fully saturated rings. The van der Waals surface area contributed by atoms with Crippen LogP contribution >= 0.6 is 0 Å². The normalized spacial score (nSPS) is 11.1. The Balaban J connectivity index is 2.14. The standard InChI is InChI=1S/C20H14FN2O/c1-12-10-18-14(11-13(12)16-6-4-5-9-23(16)3)19-17(24-18)8-7-15(21)20(19)22-2/h4-11H,1,3H3/q+1. The van der Waals surface area contributed by atoms with Gasteiger partial charge in [0.2, 0.25) is 11.4 Å². The molecule has 0 amide bonds. The summed E-state index contributed by atoms with van der Waals surface area (Å²) in [6, 6.07) is 12.8. The number of fused-ring (bicyclic) bond motifs is 3. The Labute approximate surface area is 138 Å². The predicted molar refractivity (Wildman–Crippen MR) is 91.3 cm³/mol. The number of rotatable bonds is 1. The summed E-state index contributed by atoms with van der Waals surface area (Å²) in [7, 11) is 1.98. The fourth-order valence-corrected chi connectivity index (χ4v) is 3.16. The Hall–Kier alpha value is -3.19. The summed E-state index contributed by atoms with van der Waals surface area (Å²) in [6.07, 6.45) is 1.98. The van der Waals surface area contributed by atoms with E-state index >= 15 is 0 Å². The van der Waals surface area contributed by atoms with Gasteiger partial charge in [-0.15, -0.1) is 0 Å². The van der Waals surface area contributed by atoms with Gasteiger partial charge < -0.3 is 4.42 Å². The number of hydrogen-bond acceptors (Lipinski definition) is 1.